The molecule has 2 aromatic rings. The summed E-state index contributed by atoms with van der Waals surface area (Å²) < 4.78 is 10.1. The summed E-state index contributed by atoms with van der Waals surface area (Å²) in [7, 11) is 1.33. The molecule has 0 spiro atoms. The summed E-state index contributed by atoms with van der Waals surface area (Å²) in [5.74, 6) is -0.0285. The predicted octanol–water partition coefficient (Wildman–Crippen LogP) is 3.52. The molecule has 1 N–H and O–H groups in total. The lowest BCUT2D eigenvalue weighted by Crippen LogP contribution is -2.09. The van der Waals surface area contributed by atoms with E-state index in [2.05, 4.69) is 10.1 Å². The molecule has 0 aliphatic carbocycles. The van der Waals surface area contributed by atoms with Crippen LogP contribution in [-0.2, 0) is 9.53 Å². The summed E-state index contributed by atoms with van der Waals surface area (Å²) in [4.78, 5) is 23.4. The minimum atomic E-state index is -0.393. The fourth-order valence-electron chi connectivity index (χ4n) is 2.05. The van der Waals surface area contributed by atoms with Gasteiger partial charge in [-0.05, 0) is 42.8 Å². The standard InChI is InChI=1S/C19H19NO4/c1-3-24-17-7-5-4-6-16(17)20-18(21)13-10-14-8-11-15(12-9-14)19(22)23-2/h4-13H,3H2,1-2H3,(H,20,21)/b13-10+. The fourth-order valence-corrected chi connectivity index (χ4v) is 2.05. The Bertz CT molecular complexity index is 735. The number of para-hydroxylation sites is 2. The number of benzene rings is 2. The Balaban J connectivity index is 2.02. The lowest BCUT2D eigenvalue weighted by atomic mass is 10.1. The van der Waals surface area contributed by atoms with Crippen molar-refractivity contribution in [2.24, 2.45) is 0 Å². The molecule has 0 atom stereocenters. The molecular weight excluding hydrogens is 306 g/mol. The molecule has 0 saturated heterocycles. The Morgan fingerprint density at radius 2 is 1.79 bits per heavy atom. The molecule has 124 valence electrons. The number of ether oxygens (including phenoxy) is 2. The normalized spacial score (nSPS) is 10.4. The molecule has 0 heterocycles. The van der Waals surface area contributed by atoms with E-state index in [0.29, 0.717) is 23.6 Å². The van der Waals surface area contributed by atoms with Crippen molar-refractivity contribution < 1.29 is 19.1 Å². The number of hydrogen-bond donors (Lipinski definition) is 1. The van der Waals surface area contributed by atoms with Crippen molar-refractivity contribution in [3.63, 3.8) is 0 Å². The van der Waals surface area contributed by atoms with Crippen LogP contribution in [0, 0.1) is 0 Å². The Hall–Kier alpha value is -3.08. The highest BCUT2D eigenvalue weighted by molar-refractivity contribution is 6.02. The number of anilines is 1. The Kier molecular flexibility index (Phi) is 6.14. The van der Waals surface area contributed by atoms with E-state index in [-0.39, 0.29) is 5.91 Å². The second-order valence-corrected chi connectivity index (χ2v) is 4.87. The third kappa shape index (κ3) is 4.71. The van der Waals surface area contributed by atoms with Gasteiger partial charge >= 0.3 is 5.97 Å². The first kappa shape index (κ1) is 17.3. The predicted molar refractivity (Wildman–Crippen MR) is 93.1 cm³/mol. The van der Waals surface area contributed by atoms with Crippen molar-refractivity contribution >= 4 is 23.6 Å². The topological polar surface area (TPSA) is 64.6 Å². The van der Waals surface area contributed by atoms with Crippen molar-refractivity contribution in [2.75, 3.05) is 19.0 Å². The van der Waals surface area contributed by atoms with E-state index in [0.717, 1.165) is 5.56 Å². The minimum absolute atomic E-state index is 0.265. The van der Waals surface area contributed by atoms with Crippen molar-refractivity contribution in [3.8, 4) is 5.75 Å². The molecule has 0 aliphatic heterocycles. The van der Waals surface area contributed by atoms with E-state index < -0.39 is 5.97 Å². The molecule has 0 radical (unpaired) electrons. The number of esters is 1. The maximum Gasteiger partial charge on any atom is 0.337 e. The summed E-state index contributed by atoms with van der Waals surface area (Å²) >= 11 is 0. The van der Waals surface area contributed by atoms with Gasteiger partial charge in [0.1, 0.15) is 5.75 Å². The van der Waals surface area contributed by atoms with E-state index in [1.54, 1.807) is 42.5 Å². The molecule has 0 saturated carbocycles. The van der Waals surface area contributed by atoms with Crippen molar-refractivity contribution in [1.29, 1.82) is 0 Å². The number of methoxy groups -OCH3 is 1. The highest BCUT2D eigenvalue weighted by atomic mass is 16.5. The lowest BCUT2D eigenvalue weighted by Gasteiger charge is -2.09. The van der Waals surface area contributed by atoms with Crippen molar-refractivity contribution in [3.05, 3.63) is 65.7 Å². The van der Waals surface area contributed by atoms with Gasteiger partial charge in [0.25, 0.3) is 0 Å². The lowest BCUT2D eigenvalue weighted by molar-refractivity contribution is -0.111. The number of rotatable bonds is 6. The molecule has 24 heavy (non-hydrogen) atoms. The molecule has 0 aliphatic rings. The van der Waals surface area contributed by atoms with Crippen LogP contribution in [0.1, 0.15) is 22.8 Å². The summed E-state index contributed by atoms with van der Waals surface area (Å²) in [6.07, 6.45) is 3.09. The average molecular weight is 325 g/mol. The van der Waals surface area contributed by atoms with Gasteiger partial charge in [-0.1, -0.05) is 24.3 Å². The molecule has 0 aromatic heterocycles. The molecule has 0 bridgehead atoms. The SMILES string of the molecule is CCOc1ccccc1NC(=O)/C=C/c1ccc(C(=O)OC)cc1. The van der Waals surface area contributed by atoms with Gasteiger partial charge in [-0.25, -0.2) is 4.79 Å². The number of carbonyl (C=O) groups is 2. The van der Waals surface area contributed by atoms with Crippen LogP contribution in [-0.4, -0.2) is 25.6 Å². The van der Waals surface area contributed by atoms with Crippen LogP contribution in [0.2, 0.25) is 0 Å². The summed E-state index contributed by atoms with van der Waals surface area (Å²) in [6, 6.07) is 14.0. The van der Waals surface area contributed by atoms with E-state index in [1.165, 1.54) is 13.2 Å². The quantitative estimate of drug-likeness (QED) is 0.652. The smallest absolute Gasteiger partial charge is 0.337 e. The van der Waals surface area contributed by atoms with Gasteiger partial charge < -0.3 is 14.8 Å². The van der Waals surface area contributed by atoms with Gasteiger partial charge in [0.2, 0.25) is 5.91 Å². The second-order valence-electron chi connectivity index (χ2n) is 4.87. The third-order valence-electron chi connectivity index (χ3n) is 3.20. The molecule has 2 aromatic carbocycles. The first-order valence-corrected chi connectivity index (χ1v) is 7.53. The number of carbonyl (C=O) groups excluding carboxylic acids is 2. The zero-order chi connectivity index (χ0) is 17.4. The van der Waals surface area contributed by atoms with Crippen molar-refractivity contribution in [1.82, 2.24) is 0 Å². The molecule has 2 rings (SSSR count). The van der Waals surface area contributed by atoms with Crippen LogP contribution in [0.4, 0.5) is 5.69 Å². The first-order valence-electron chi connectivity index (χ1n) is 7.53. The summed E-state index contributed by atoms with van der Waals surface area (Å²) in [6.45, 7) is 2.41. The zero-order valence-corrected chi connectivity index (χ0v) is 13.6. The van der Waals surface area contributed by atoms with Crippen molar-refractivity contribution in [2.45, 2.75) is 6.92 Å². The Morgan fingerprint density at radius 1 is 1.08 bits per heavy atom. The number of hydrogen-bond acceptors (Lipinski definition) is 4. The maximum absolute atomic E-state index is 12.0. The van der Waals surface area contributed by atoms with Crippen LogP contribution in [0.3, 0.4) is 0 Å². The second kappa shape index (κ2) is 8.53. The highest BCUT2D eigenvalue weighted by Crippen LogP contribution is 2.23. The van der Waals surface area contributed by atoms with E-state index in [4.69, 9.17) is 4.74 Å². The summed E-state index contributed by atoms with van der Waals surface area (Å²) in [5, 5.41) is 2.78. The van der Waals surface area contributed by atoms with Crippen LogP contribution in [0.5, 0.6) is 5.75 Å². The largest absolute Gasteiger partial charge is 0.492 e. The minimum Gasteiger partial charge on any atom is -0.492 e. The number of amides is 1. The molecule has 5 nitrogen and oxygen atoms in total. The zero-order valence-electron chi connectivity index (χ0n) is 13.6. The molecule has 0 fully saturated rings. The van der Waals surface area contributed by atoms with E-state index in [9.17, 15) is 9.59 Å². The highest BCUT2D eigenvalue weighted by Gasteiger charge is 2.05. The first-order chi connectivity index (χ1) is 11.6. The van der Waals surface area contributed by atoms with E-state index in [1.807, 2.05) is 19.1 Å². The fraction of sp³-hybridized carbons (Fsp3) is 0.158. The monoisotopic (exact) mass is 325 g/mol. The Morgan fingerprint density at radius 3 is 2.46 bits per heavy atom. The Labute approximate surface area is 140 Å². The van der Waals surface area contributed by atoms with Crippen LogP contribution in [0.15, 0.2) is 54.6 Å². The molecular formula is C19H19NO4. The molecule has 0 unspecified atom stereocenters. The van der Waals surface area contributed by atoms with Gasteiger partial charge in [-0.2, -0.15) is 0 Å². The van der Waals surface area contributed by atoms with Crippen LogP contribution < -0.4 is 10.1 Å². The van der Waals surface area contributed by atoms with Gasteiger partial charge in [-0.3, -0.25) is 4.79 Å². The maximum atomic E-state index is 12.0. The van der Waals surface area contributed by atoms with Gasteiger partial charge in [-0.15, -0.1) is 0 Å². The number of nitrogens with one attached hydrogen (secondary N) is 1. The van der Waals surface area contributed by atoms with Gasteiger partial charge in [0.05, 0.1) is 25.0 Å². The van der Waals surface area contributed by atoms with Gasteiger partial charge in [0, 0.05) is 6.08 Å². The van der Waals surface area contributed by atoms with Crippen LogP contribution in [0.25, 0.3) is 6.08 Å². The summed E-state index contributed by atoms with van der Waals surface area (Å²) in [5.41, 5.74) is 1.88. The molecule has 5 heteroatoms. The van der Waals surface area contributed by atoms with Crippen LogP contribution >= 0.6 is 0 Å². The third-order valence-corrected chi connectivity index (χ3v) is 3.20. The van der Waals surface area contributed by atoms with Gasteiger partial charge in [0.15, 0.2) is 0 Å². The van der Waals surface area contributed by atoms with E-state index >= 15 is 0 Å². The average Bonchev–Trinajstić information content (AvgIpc) is 2.61. The molecule has 1 amide bonds.